The van der Waals surface area contributed by atoms with E-state index in [2.05, 4.69) is 15.5 Å². The average Bonchev–Trinajstić information content (AvgIpc) is 3.13. The zero-order valence-corrected chi connectivity index (χ0v) is 15.5. The molecule has 0 bridgehead atoms. The number of rotatable bonds is 9. The molecule has 8 heteroatoms. The summed E-state index contributed by atoms with van der Waals surface area (Å²) in [6.07, 6.45) is -0.732. The van der Waals surface area contributed by atoms with E-state index in [1.807, 2.05) is 30.3 Å². The number of thioether (sulfide) groups is 1. The van der Waals surface area contributed by atoms with E-state index in [-0.39, 0.29) is 12.4 Å². The van der Waals surface area contributed by atoms with Crippen molar-refractivity contribution >= 4 is 28.2 Å². The molecule has 0 fully saturated rings. The maximum atomic E-state index is 13.5. The first kappa shape index (κ1) is 18.6. The van der Waals surface area contributed by atoms with E-state index in [1.54, 1.807) is 12.1 Å². The lowest BCUT2D eigenvalue weighted by Crippen LogP contribution is -2.20. The van der Waals surface area contributed by atoms with E-state index in [1.165, 1.54) is 35.2 Å². The van der Waals surface area contributed by atoms with Crippen molar-refractivity contribution in [2.24, 2.45) is 0 Å². The van der Waals surface area contributed by atoms with Crippen LogP contribution < -0.4 is 10.1 Å². The van der Waals surface area contributed by atoms with Crippen LogP contribution in [-0.2, 0) is 6.54 Å². The molecule has 26 heavy (non-hydrogen) atoms. The molecule has 1 heterocycles. The summed E-state index contributed by atoms with van der Waals surface area (Å²) >= 11 is 2.82. The summed E-state index contributed by atoms with van der Waals surface area (Å²) in [5.41, 5.74) is 1.16. The van der Waals surface area contributed by atoms with Gasteiger partial charge in [0, 0.05) is 12.3 Å². The minimum Gasteiger partial charge on any atom is -0.488 e. The monoisotopic (exact) mass is 391 g/mol. The summed E-state index contributed by atoms with van der Waals surface area (Å²) < 4.78 is 19.5. The van der Waals surface area contributed by atoms with Crippen molar-refractivity contribution < 1.29 is 14.2 Å². The summed E-state index contributed by atoms with van der Waals surface area (Å²) in [7, 11) is 0. The lowest BCUT2D eigenvalue weighted by atomic mass is 10.2. The van der Waals surface area contributed by atoms with Gasteiger partial charge in [0.2, 0.25) is 5.13 Å². The van der Waals surface area contributed by atoms with Crippen LogP contribution in [0.25, 0.3) is 0 Å². The number of para-hydroxylation sites is 1. The number of hydrogen-bond donors (Lipinski definition) is 2. The van der Waals surface area contributed by atoms with Crippen molar-refractivity contribution in [3.05, 3.63) is 66.0 Å². The van der Waals surface area contributed by atoms with Crippen molar-refractivity contribution in [3.63, 3.8) is 0 Å². The van der Waals surface area contributed by atoms with Crippen LogP contribution in [0.15, 0.2) is 58.9 Å². The second kappa shape index (κ2) is 9.51. The summed E-state index contributed by atoms with van der Waals surface area (Å²) in [5.74, 6) is 0.0902. The molecule has 0 saturated heterocycles. The van der Waals surface area contributed by atoms with Crippen LogP contribution >= 0.6 is 23.1 Å². The summed E-state index contributed by atoms with van der Waals surface area (Å²) in [5, 5.41) is 22.1. The number of aromatic nitrogens is 2. The predicted octanol–water partition coefficient (Wildman–Crippen LogP) is 3.82. The number of nitrogens with one attached hydrogen (secondary N) is 1. The molecule has 136 valence electrons. The molecule has 3 rings (SSSR count). The third-order valence-corrected chi connectivity index (χ3v) is 5.52. The molecule has 0 aliphatic rings. The lowest BCUT2D eigenvalue weighted by molar-refractivity contribution is 0.123. The van der Waals surface area contributed by atoms with Crippen LogP contribution in [0.3, 0.4) is 0 Å². The fourth-order valence-electron chi connectivity index (χ4n) is 2.08. The highest BCUT2D eigenvalue weighted by Crippen LogP contribution is 2.26. The Bertz CT molecular complexity index is 817. The van der Waals surface area contributed by atoms with Crippen LogP contribution in [0, 0.1) is 5.82 Å². The minimum absolute atomic E-state index is 0.0197. The molecule has 0 saturated carbocycles. The van der Waals surface area contributed by atoms with Crippen LogP contribution in [0.2, 0.25) is 0 Å². The van der Waals surface area contributed by atoms with Crippen molar-refractivity contribution in [2.45, 2.75) is 17.0 Å². The Kier molecular flexibility index (Phi) is 6.82. The summed E-state index contributed by atoms with van der Waals surface area (Å²) in [4.78, 5) is 0. The van der Waals surface area contributed by atoms with Gasteiger partial charge in [-0.2, -0.15) is 0 Å². The van der Waals surface area contributed by atoms with Gasteiger partial charge >= 0.3 is 0 Å². The third-order valence-electron chi connectivity index (χ3n) is 3.36. The Morgan fingerprint density at radius 2 is 1.88 bits per heavy atom. The molecule has 1 aromatic heterocycles. The molecule has 1 atom stereocenters. The second-order valence-corrected chi connectivity index (χ2v) is 7.66. The highest BCUT2D eigenvalue weighted by Gasteiger charge is 2.11. The molecule has 0 aliphatic heterocycles. The molecular weight excluding hydrogens is 373 g/mol. The lowest BCUT2D eigenvalue weighted by Gasteiger charge is -2.11. The molecule has 0 aliphatic carbocycles. The minimum atomic E-state index is -0.732. The fraction of sp³-hybridized carbons (Fsp3) is 0.222. The Balaban J connectivity index is 1.40. The summed E-state index contributed by atoms with van der Waals surface area (Å²) in [6, 6.07) is 16.2. The van der Waals surface area contributed by atoms with Crippen molar-refractivity contribution in [3.8, 4) is 5.75 Å². The van der Waals surface area contributed by atoms with Crippen LogP contribution in [-0.4, -0.2) is 33.8 Å². The van der Waals surface area contributed by atoms with Gasteiger partial charge in [0.05, 0.1) is 6.10 Å². The van der Waals surface area contributed by atoms with Gasteiger partial charge in [-0.15, -0.1) is 10.2 Å². The Morgan fingerprint density at radius 1 is 1.12 bits per heavy atom. The Labute approximate surface area is 159 Å². The van der Waals surface area contributed by atoms with E-state index in [0.717, 1.165) is 15.0 Å². The van der Waals surface area contributed by atoms with Gasteiger partial charge in [-0.1, -0.05) is 65.6 Å². The van der Waals surface area contributed by atoms with E-state index in [9.17, 15) is 9.50 Å². The molecule has 3 aromatic rings. The predicted molar refractivity (Wildman–Crippen MR) is 102 cm³/mol. The van der Waals surface area contributed by atoms with Gasteiger partial charge in [0.15, 0.2) is 15.9 Å². The average molecular weight is 391 g/mol. The first-order valence-corrected chi connectivity index (χ1v) is 9.80. The number of aliphatic hydroxyl groups is 1. The SMILES string of the molecule is O[C@H](COc1ccccc1F)CSc1nnc(NCc2ccccc2)s1. The van der Waals surface area contributed by atoms with Gasteiger partial charge in [-0.05, 0) is 17.7 Å². The molecule has 5 nitrogen and oxygen atoms in total. The van der Waals surface area contributed by atoms with Gasteiger partial charge in [-0.3, -0.25) is 0 Å². The highest BCUT2D eigenvalue weighted by atomic mass is 32.2. The molecule has 0 unspecified atom stereocenters. The van der Waals surface area contributed by atoms with Gasteiger partial charge in [0.25, 0.3) is 0 Å². The normalized spacial score (nSPS) is 11.9. The molecule has 2 aromatic carbocycles. The summed E-state index contributed by atoms with van der Waals surface area (Å²) in [6.45, 7) is 0.700. The van der Waals surface area contributed by atoms with Crippen molar-refractivity contribution in [1.29, 1.82) is 0 Å². The van der Waals surface area contributed by atoms with Crippen LogP contribution in [0.4, 0.5) is 9.52 Å². The standard InChI is InChI=1S/C18H18FN3O2S2/c19-15-8-4-5-9-16(15)24-11-14(23)12-25-18-22-21-17(26-18)20-10-13-6-2-1-3-7-13/h1-9,14,23H,10-12H2,(H,20,21)/t14-/m1/s1. The topological polar surface area (TPSA) is 67.3 Å². The number of hydrogen-bond acceptors (Lipinski definition) is 7. The maximum absolute atomic E-state index is 13.5. The zero-order valence-electron chi connectivity index (χ0n) is 13.8. The number of benzene rings is 2. The first-order valence-electron chi connectivity index (χ1n) is 8.00. The first-order chi connectivity index (χ1) is 12.7. The quantitative estimate of drug-likeness (QED) is 0.541. The number of aliphatic hydroxyl groups excluding tert-OH is 1. The Morgan fingerprint density at radius 3 is 2.69 bits per heavy atom. The van der Waals surface area contributed by atoms with Gasteiger partial charge in [0.1, 0.15) is 6.61 Å². The van der Waals surface area contributed by atoms with Crippen molar-refractivity contribution in [1.82, 2.24) is 10.2 Å². The Hall–Kier alpha value is -2.16. The van der Waals surface area contributed by atoms with Crippen molar-refractivity contribution in [2.75, 3.05) is 17.7 Å². The number of anilines is 1. The molecular formula is C18H18FN3O2S2. The smallest absolute Gasteiger partial charge is 0.206 e. The van der Waals surface area contributed by atoms with E-state index in [0.29, 0.717) is 12.3 Å². The fourth-order valence-corrected chi connectivity index (χ4v) is 3.76. The number of halogens is 1. The molecule has 0 spiro atoms. The van der Waals surface area contributed by atoms with E-state index >= 15 is 0 Å². The van der Waals surface area contributed by atoms with Crippen LogP contribution in [0.5, 0.6) is 5.75 Å². The molecule has 2 N–H and O–H groups in total. The molecule has 0 amide bonds. The largest absolute Gasteiger partial charge is 0.488 e. The second-order valence-electron chi connectivity index (χ2n) is 5.42. The third kappa shape index (κ3) is 5.69. The molecule has 0 radical (unpaired) electrons. The maximum Gasteiger partial charge on any atom is 0.206 e. The highest BCUT2D eigenvalue weighted by molar-refractivity contribution is 8.01. The number of nitrogens with zero attached hydrogens (tertiary/aromatic N) is 2. The van der Waals surface area contributed by atoms with Gasteiger partial charge in [-0.25, -0.2) is 4.39 Å². The van der Waals surface area contributed by atoms with Gasteiger partial charge < -0.3 is 15.2 Å². The van der Waals surface area contributed by atoms with Crippen LogP contribution in [0.1, 0.15) is 5.56 Å². The van der Waals surface area contributed by atoms with E-state index < -0.39 is 11.9 Å². The number of ether oxygens (including phenoxy) is 1. The van der Waals surface area contributed by atoms with E-state index in [4.69, 9.17) is 4.74 Å². The zero-order chi connectivity index (χ0) is 18.2.